The van der Waals surface area contributed by atoms with Crippen molar-refractivity contribution in [1.82, 2.24) is 0 Å². The van der Waals surface area contributed by atoms with E-state index in [1.165, 1.54) is 19.1 Å². The van der Waals surface area contributed by atoms with Gasteiger partial charge < -0.3 is 14.8 Å². The van der Waals surface area contributed by atoms with Crippen molar-refractivity contribution in [2.45, 2.75) is 13.5 Å². The van der Waals surface area contributed by atoms with Crippen molar-refractivity contribution in [2.75, 3.05) is 5.32 Å². The van der Waals surface area contributed by atoms with E-state index in [2.05, 4.69) is 10.3 Å². The van der Waals surface area contributed by atoms with Crippen LogP contribution in [0.15, 0.2) is 83.5 Å². The molecule has 7 heteroatoms. The summed E-state index contributed by atoms with van der Waals surface area (Å²) >= 11 is 0. The summed E-state index contributed by atoms with van der Waals surface area (Å²) in [5.41, 5.74) is 2.70. The van der Waals surface area contributed by atoms with E-state index in [1.54, 1.807) is 60.7 Å². The molecule has 1 amide bonds. The van der Waals surface area contributed by atoms with Crippen molar-refractivity contribution in [2.24, 2.45) is 4.99 Å². The fourth-order valence-corrected chi connectivity index (χ4v) is 3.10. The summed E-state index contributed by atoms with van der Waals surface area (Å²) in [6, 6.07) is 20.1. The molecule has 32 heavy (non-hydrogen) atoms. The zero-order valence-electron chi connectivity index (χ0n) is 17.2. The SMILES string of the molecule is CC(=O)Nc1ccc(C2=N/C(=C\c3ccccc3OCc3cccc(F)c3)C(=O)O2)cc1. The molecular weight excluding hydrogens is 411 g/mol. The zero-order valence-corrected chi connectivity index (χ0v) is 17.2. The number of cyclic esters (lactones) is 1. The fourth-order valence-electron chi connectivity index (χ4n) is 3.10. The van der Waals surface area contributed by atoms with E-state index in [4.69, 9.17) is 9.47 Å². The molecule has 0 atom stereocenters. The summed E-state index contributed by atoms with van der Waals surface area (Å²) in [7, 11) is 0. The maximum absolute atomic E-state index is 13.4. The van der Waals surface area contributed by atoms with Crippen molar-refractivity contribution < 1.29 is 23.5 Å². The van der Waals surface area contributed by atoms with Crippen molar-refractivity contribution in [3.8, 4) is 5.75 Å². The number of amides is 1. The Hall–Kier alpha value is -4.26. The molecule has 0 aliphatic carbocycles. The molecule has 0 saturated heterocycles. The summed E-state index contributed by atoms with van der Waals surface area (Å²) in [5.74, 6) is -0.381. The first-order valence-corrected chi connectivity index (χ1v) is 9.85. The maximum atomic E-state index is 13.4. The average molecular weight is 430 g/mol. The zero-order chi connectivity index (χ0) is 22.5. The van der Waals surface area contributed by atoms with Crippen LogP contribution < -0.4 is 10.1 Å². The molecule has 6 nitrogen and oxygen atoms in total. The van der Waals surface area contributed by atoms with Gasteiger partial charge in [-0.25, -0.2) is 14.2 Å². The van der Waals surface area contributed by atoms with Crippen LogP contribution in [-0.2, 0) is 20.9 Å². The van der Waals surface area contributed by atoms with Crippen molar-refractivity contribution in [3.63, 3.8) is 0 Å². The third kappa shape index (κ3) is 5.07. The van der Waals surface area contributed by atoms with Crippen LogP contribution >= 0.6 is 0 Å². The molecule has 0 bridgehead atoms. The van der Waals surface area contributed by atoms with Crippen LogP contribution in [0, 0.1) is 5.82 Å². The van der Waals surface area contributed by atoms with Gasteiger partial charge in [-0.05, 0) is 54.1 Å². The van der Waals surface area contributed by atoms with Crippen LogP contribution in [0.1, 0.15) is 23.6 Å². The average Bonchev–Trinajstić information content (AvgIpc) is 3.13. The number of halogens is 1. The predicted octanol–water partition coefficient (Wildman–Crippen LogP) is 4.71. The molecule has 0 spiro atoms. The number of rotatable bonds is 6. The van der Waals surface area contributed by atoms with E-state index in [-0.39, 0.29) is 29.9 Å². The molecule has 3 aromatic carbocycles. The highest BCUT2D eigenvalue weighted by atomic mass is 19.1. The number of hydrogen-bond acceptors (Lipinski definition) is 5. The van der Waals surface area contributed by atoms with Crippen molar-refractivity contribution in [1.29, 1.82) is 0 Å². The monoisotopic (exact) mass is 430 g/mol. The highest BCUT2D eigenvalue weighted by Gasteiger charge is 2.24. The first-order valence-electron chi connectivity index (χ1n) is 9.85. The molecule has 1 N–H and O–H groups in total. The normalized spacial score (nSPS) is 14.1. The van der Waals surface area contributed by atoms with Gasteiger partial charge >= 0.3 is 5.97 Å². The number of nitrogens with zero attached hydrogens (tertiary/aromatic N) is 1. The molecule has 1 aliphatic rings. The smallest absolute Gasteiger partial charge is 0.363 e. The van der Waals surface area contributed by atoms with Crippen LogP contribution in [0.2, 0.25) is 0 Å². The highest BCUT2D eigenvalue weighted by molar-refractivity contribution is 6.13. The van der Waals surface area contributed by atoms with Gasteiger partial charge in [0.15, 0.2) is 5.70 Å². The lowest BCUT2D eigenvalue weighted by Crippen LogP contribution is -2.07. The lowest BCUT2D eigenvalue weighted by atomic mass is 10.1. The summed E-state index contributed by atoms with van der Waals surface area (Å²) in [6.45, 7) is 1.60. The summed E-state index contributed by atoms with van der Waals surface area (Å²) in [6.07, 6.45) is 1.59. The second kappa shape index (κ2) is 9.26. The van der Waals surface area contributed by atoms with Crippen molar-refractivity contribution >= 4 is 29.5 Å². The second-order valence-corrected chi connectivity index (χ2v) is 7.05. The number of carbonyl (C=O) groups is 2. The Kier molecular flexibility index (Phi) is 6.07. The number of aliphatic imine (C=N–C) groups is 1. The van der Waals surface area contributed by atoms with Crippen LogP contribution in [0.3, 0.4) is 0 Å². The molecule has 3 aromatic rings. The number of ether oxygens (including phenoxy) is 2. The van der Waals surface area contributed by atoms with Gasteiger partial charge in [-0.2, -0.15) is 0 Å². The lowest BCUT2D eigenvalue weighted by Gasteiger charge is -2.09. The first-order chi connectivity index (χ1) is 15.5. The number of benzene rings is 3. The minimum absolute atomic E-state index is 0.132. The molecule has 0 saturated carbocycles. The van der Waals surface area contributed by atoms with Crippen LogP contribution in [0.5, 0.6) is 5.75 Å². The molecule has 160 valence electrons. The third-order valence-electron chi connectivity index (χ3n) is 4.57. The van der Waals surface area contributed by atoms with E-state index in [1.807, 2.05) is 6.07 Å². The van der Waals surface area contributed by atoms with E-state index in [9.17, 15) is 14.0 Å². The van der Waals surface area contributed by atoms with Gasteiger partial charge in [0.05, 0.1) is 0 Å². The first kappa shape index (κ1) is 21.0. The molecular formula is C25H19FN2O4. The summed E-state index contributed by atoms with van der Waals surface area (Å²) < 4.78 is 24.5. The van der Waals surface area contributed by atoms with Gasteiger partial charge in [0.25, 0.3) is 0 Å². The minimum Gasteiger partial charge on any atom is -0.488 e. The van der Waals surface area contributed by atoms with Crippen LogP contribution in [-0.4, -0.2) is 17.8 Å². The van der Waals surface area contributed by atoms with E-state index in [0.717, 1.165) is 0 Å². The van der Waals surface area contributed by atoms with E-state index < -0.39 is 5.97 Å². The lowest BCUT2D eigenvalue weighted by molar-refractivity contribution is -0.129. The quantitative estimate of drug-likeness (QED) is 0.454. The molecule has 0 radical (unpaired) electrons. The Balaban J connectivity index is 1.54. The molecule has 1 heterocycles. The van der Waals surface area contributed by atoms with E-state index >= 15 is 0 Å². The predicted molar refractivity (Wildman–Crippen MR) is 119 cm³/mol. The number of hydrogen-bond donors (Lipinski definition) is 1. The largest absolute Gasteiger partial charge is 0.488 e. The van der Waals surface area contributed by atoms with Crippen LogP contribution in [0.4, 0.5) is 10.1 Å². The minimum atomic E-state index is -0.578. The Morgan fingerprint density at radius 1 is 1.09 bits per heavy atom. The standard InChI is InChI=1S/C25H19FN2O4/c1-16(29)27-21-11-9-18(10-12-21)24-28-22(25(30)32-24)14-19-6-2-3-8-23(19)31-15-17-5-4-7-20(26)13-17/h2-14H,15H2,1H3,(H,27,29)/b22-14-. The number of nitrogens with one attached hydrogen (secondary N) is 1. The summed E-state index contributed by atoms with van der Waals surface area (Å²) in [4.78, 5) is 27.8. The molecule has 1 aliphatic heterocycles. The Labute approximate surface area is 184 Å². The highest BCUT2D eigenvalue weighted by Crippen LogP contribution is 2.26. The van der Waals surface area contributed by atoms with Gasteiger partial charge in [-0.15, -0.1) is 0 Å². The van der Waals surface area contributed by atoms with Gasteiger partial charge in [0.1, 0.15) is 18.2 Å². The maximum Gasteiger partial charge on any atom is 0.363 e. The second-order valence-electron chi connectivity index (χ2n) is 7.05. The number of carbonyl (C=O) groups excluding carboxylic acids is 2. The van der Waals surface area contributed by atoms with Gasteiger partial charge in [-0.3, -0.25) is 4.79 Å². The Morgan fingerprint density at radius 3 is 2.62 bits per heavy atom. The van der Waals surface area contributed by atoms with Gasteiger partial charge in [0, 0.05) is 23.7 Å². The van der Waals surface area contributed by atoms with Crippen LogP contribution in [0.25, 0.3) is 6.08 Å². The number of para-hydroxylation sites is 1. The molecule has 0 unspecified atom stereocenters. The topological polar surface area (TPSA) is 77.0 Å². The van der Waals surface area contributed by atoms with E-state index in [0.29, 0.717) is 28.1 Å². The van der Waals surface area contributed by atoms with Gasteiger partial charge in [0.2, 0.25) is 11.8 Å². The molecule has 0 aromatic heterocycles. The van der Waals surface area contributed by atoms with Gasteiger partial charge in [-0.1, -0.05) is 30.3 Å². The Morgan fingerprint density at radius 2 is 1.88 bits per heavy atom. The fraction of sp³-hybridized carbons (Fsp3) is 0.0800. The Bertz CT molecular complexity index is 1230. The van der Waals surface area contributed by atoms with Crippen molar-refractivity contribution in [3.05, 3.63) is 101 Å². The molecule has 0 fully saturated rings. The summed E-state index contributed by atoms with van der Waals surface area (Å²) in [5, 5.41) is 2.67. The number of anilines is 1. The molecule has 4 rings (SSSR count). The third-order valence-corrected chi connectivity index (χ3v) is 4.57. The number of esters is 1.